The van der Waals surface area contributed by atoms with Crippen molar-refractivity contribution in [2.45, 2.75) is 39.7 Å². The van der Waals surface area contributed by atoms with E-state index in [1.165, 1.54) is 0 Å². The standard InChI is InChI=1S/C18H28N2O3/c1-5-14-22-16-8-6-15(7-9-16)19-10-12-20(13-11-19)17(21)23-18(2,3)4/h6-9H,5,10-14H2,1-4H3. The molecule has 23 heavy (non-hydrogen) atoms. The molecule has 1 heterocycles. The summed E-state index contributed by atoms with van der Waals surface area (Å²) in [5.41, 5.74) is 0.723. The number of amides is 1. The van der Waals surface area contributed by atoms with Crippen molar-refractivity contribution in [2.75, 3.05) is 37.7 Å². The third-order valence-electron chi connectivity index (χ3n) is 3.61. The van der Waals surface area contributed by atoms with Crippen LogP contribution in [0.3, 0.4) is 0 Å². The Morgan fingerprint density at radius 1 is 1.09 bits per heavy atom. The van der Waals surface area contributed by atoms with E-state index in [0.717, 1.165) is 37.6 Å². The second kappa shape index (κ2) is 7.57. The number of hydrogen-bond acceptors (Lipinski definition) is 4. The minimum Gasteiger partial charge on any atom is -0.494 e. The zero-order chi connectivity index (χ0) is 16.9. The number of carbonyl (C=O) groups is 1. The number of ether oxygens (including phenoxy) is 2. The van der Waals surface area contributed by atoms with Crippen LogP contribution >= 0.6 is 0 Å². The second-order valence-corrected chi connectivity index (χ2v) is 6.80. The maximum absolute atomic E-state index is 12.1. The summed E-state index contributed by atoms with van der Waals surface area (Å²) in [4.78, 5) is 16.1. The molecular formula is C18H28N2O3. The van der Waals surface area contributed by atoms with E-state index in [-0.39, 0.29) is 6.09 Å². The molecule has 0 aromatic heterocycles. The zero-order valence-corrected chi connectivity index (χ0v) is 14.7. The van der Waals surface area contributed by atoms with E-state index >= 15 is 0 Å². The number of carbonyl (C=O) groups excluding carboxylic acids is 1. The van der Waals surface area contributed by atoms with Crippen LogP contribution < -0.4 is 9.64 Å². The molecule has 1 saturated heterocycles. The van der Waals surface area contributed by atoms with Gasteiger partial charge in [0.05, 0.1) is 6.61 Å². The number of nitrogens with zero attached hydrogens (tertiary/aromatic N) is 2. The van der Waals surface area contributed by atoms with Crippen LogP contribution in [0.1, 0.15) is 34.1 Å². The highest BCUT2D eigenvalue weighted by Gasteiger charge is 2.25. The zero-order valence-electron chi connectivity index (χ0n) is 14.7. The van der Waals surface area contributed by atoms with Crippen molar-refractivity contribution in [3.05, 3.63) is 24.3 Å². The summed E-state index contributed by atoms with van der Waals surface area (Å²) in [6.07, 6.45) is 0.787. The Morgan fingerprint density at radius 2 is 1.70 bits per heavy atom. The van der Waals surface area contributed by atoms with Gasteiger partial charge in [0.1, 0.15) is 11.4 Å². The van der Waals surface area contributed by atoms with Gasteiger partial charge in [-0.2, -0.15) is 0 Å². The Morgan fingerprint density at radius 3 is 2.22 bits per heavy atom. The van der Waals surface area contributed by atoms with Crippen LogP contribution in [0, 0.1) is 0 Å². The van der Waals surface area contributed by atoms with Crippen LogP contribution in [0.5, 0.6) is 5.75 Å². The first kappa shape index (κ1) is 17.4. The van der Waals surface area contributed by atoms with Crippen LogP contribution in [0.4, 0.5) is 10.5 Å². The van der Waals surface area contributed by atoms with Crippen molar-refractivity contribution in [3.8, 4) is 5.75 Å². The summed E-state index contributed by atoms with van der Waals surface area (Å²) in [6.45, 7) is 11.5. The maximum atomic E-state index is 12.1. The molecule has 0 radical (unpaired) electrons. The molecule has 0 spiro atoms. The molecule has 5 nitrogen and oxygen atoms in total. The first-order valence-corrected chi connectivity index (χ1v) is 8.35. The molecule has 0 N–H and O–H groups in total. The Balaban J connectivity index is 1.85. The molecule has 0 aliphatic carbocycles. The molecule has 128 valence electrons. The molecule has 1 amide bonds. The minimum absolute atomic E-state index is 0.222. The fourth-order valence-electron chi connectivity index (χ4n) is 2.45. The van der Waals surface area contributed by atoms with E-state index in [9.17, 15) is 4.79 Å². The Kier molecular flexibility index (Phi) is 5.74. The third-order valence-corrected chi connectivity index (χ3v) is 3.61. The van der Waals surface area contributed by atoms with E-state index in [0.29, 0.717) is 13.1 Å². The lowest BCUT2D eigenvalue weighted by Gasteiger charge is -2.36. The summed E-state index contributed by atoms with van der Waals surface area (Å²) in [5, 5.41) is 0. The Labute approximate surface area is 139 Å². The lowest BCUT2D eigenvalue weighted by atomic mass is 10.2. The molecule has 1 aromatic carbocycles. The Bertz CT molecular complexity index is 500. The predicted octanol–water partition coefficient (Wildman–Crippen LogP) is 3.53. The molecule has 5 heteroatoms. The highest BCUT2D eigenvalue weighted by atomic mass is 16.6. The molecular weight excluding hydrogens is 292 g/mol. The fraction of sp³-hybridized carbons (Fsp3) is 0.611. The van der Waals surface area contributed by atoms with Gasteiger partial charge in [0.2, 0.25) is 0 Å². The summed E-state index contributed by atoms with van der Waals surface area (Å²) in [7, 11) is 0. The SMILES string of the molecule is CCCOc1ccc(N2CCN(C(=O)OC(C)(C)C)CC2)cc1. The number of hydrogen-bond donors (Lipinski definition) is 0. The Hall–Kier alpha value is -1.91. The first-order valence-electron chi connectivity index (χ1n) is 8.35. The first-order chi connectivity index (χ1) is 10.9. The van der Waals surface area contributed by atoms with Gasteiger partial charge < -0.3 is 19.3 Å². The van der Waals surface area contributed by atoms with Crippen LogP contribution in [-0.2, 0) is 4.74 Å². The summed E-state index contributed by atoms with van der Waals surface area (Å²) >= 11 is 0. The van der Waals surface area contributed by atoms with Gasteiger partial charge in [-0.15, -0.1) is 0 Å². The van der Waals surface area contributed by atoms with Crippen LogP contribution in [-0.4, -0.2) is 49.4 Å². The average molecular weight is 320 g/mol. The van der Waals surface area contributed by atoms with Crippen LogP contribution in [0.2, 0.25) is 0 Å². The maximum Gasteiger partial charge on any atom is 0.410 e. The largest absolute Gasteiger partial charge is 0.494 e. The van der Waals surface area contributed by atoms with Crippen LogP contribution in [0.25, 0.3) is 0 Å². The van der Waals surface area contributed by atoms with Gasteiger partial charge in [0.15, 0.2) is 0 Å². The van der Waals surface area contributed by atoms with Crippen molar-refractivity contribution in [1.29, 1.82) is 0 Å². The van der Waals surface area contributed by atoms with Crippen molar-refractivity contribution < 1.29 is 14.3 Å². The molecule has 2 rings (SSSR count). The van der Waals surface area contributed by atoms with Gasteiger partial charge in [0, 0.05) is 31.9 Å². The smallest absolute Gasteiger partial charge is 0.410 e. The predicted molar refractivity (Wildman–Crippen MR) is 92.2 cm³/mol. The molecule has 1 aromatic rings. The van der Waals surface area contributed by atoms with Gasteiger partial charge in [0.25, 0.3) is 0 Å². The molecule has 0 atom stereocenters. The monoisotopic (exact) mass is 320 g/mol. The topological polar surface area (TPSA) is 42.0 Å². The normalized spacial score (nSPS) is 15.5. The number of piperazine rings is 1. The van der Waals surface area contributed by atoms with E-state index in [1.807, 2.05) is 32.9 Å². The molecule has 1 aliphatic heterocycles. The number of benzene rings is 1. The lowest BCUT2D eigenvalue weighted by Crippen LogP contribution is -2.50. The van der Waals surface area contributed by atoms with Gasteiger partial charge in [-0.25, -0.2) is 4.79 Å². The average Bonchev–Trinajstić information content (AvgIpc) is 2.52. The second-order valence-electron chi connectivity index (χ2n) is 6.80. The van der Waals surface area contributed by atoms with Crippen molar-refractivity contribution in [3.63, 3.8) is 0 Å². The number of rotatable bonds is 4. The van der Waals surface area contributed by atoms with Crippen LogP contribution in [0.15, 0.2) is 24.3 Å². The summed E-state index contributed by atoms with van der Waals surface area (Å²) in [6, 6.07) is 8.17. The summed E-state index contributed by atoms with van der Waals surface area (Å²) in [5.74, 6) is 0.906. The van der Waals surface area contributed by atoms with Crippen molar-refractivity contribution in [2.24, 2.45) is 0 Å². The highest BCUT2D eigenvalue weighted by Crippen LogP contribution is 2.21. The summed E-state index contributed by atoms with van der Waals surface area (Å²) < 4.78 is 11.0. The van der Waals surface area contributed by atoms with E-state index in [4.69, 9.17) is 9.47 Å². The van der Waals surface area contributed by atoms with Gasteiger partial charge >= 0.3 is 6.09 Å². The molecule has 1 fully saturated rings. The van der Waals surface area contributed by atoms with Crippen molar-refractivity contribution in [1.82, 2.24) is 4.90 Å². The lowest BCUT2D eigenvalue weighted by molar-refractivity contribution is 0.0240. The number of anilines is 1. The molecule has 1 aliphatic rings. The van der Waals surface area contributed by atoms with E-state index in [1.54, 1.807) is 4.90 Å². The van der Waals surface area contributed by atoms with E-state index < -0.39 is 5.60 Å². The van der Waals surface area contributed by atoms with Gasteiger partial charge in [-0.1, -0.05) is 6.92 Å². The molecule has 0 bridgehead atoms. The highest BCUT2D eigenvalue weighted by molar-refractivity contribution is 5.68. The fourth-order valence-corrected chi connectivity index (χ4v) is 2.45. The van der Waals surface area contributed by atoms with Crippen molar-refractivity contribution >= 4 is 11.8 Å². The molecule has 0 unspecified atom stereocenters. The molecule has 0 saturated carbocycles. The third kappa shape index (κ3) is 5.34. The van der Waals surface area contributed by atoms with E-state index in [2.05, 4.69) is 24.0 Å². The quantitative estimate of drug-likeness (QED) is 0.851. The van der Waals surface area contributed by atoms with Gasteiger partial charge in [-0.3, -0.25) is 0 Å². The van der Waals surface area contributed by atoms with Gasteiger partial charge in [-0.05, 0) is 51.5 Å². The minimum atomic E-state index is -0.442.